The molecule has 0 saturated carbocycles. The van der Waals surface area contributed by atoms with E-state index in [0.717, 1.165) is 10.8 Å². The molecule has 1 heterocycles. The van der Waals surface area contributed by atoms with Gasteiger partial charge in [-0.05, 0) is 37.4 Å². The lowest BCUT2D eigenvalue weighted by atomic mass is 9.86. The van der Waals surface area contributed by atoms with E-state index >= 15 is 0 Å². The number of pyridine rings is 1. The first-order valence-corrected chi connectivity index (χ1v) is 5.63. The summed E-state index contributed by atoms with van der Waals surface area (Å²) < 4.78 is 5.18. The van der Waals surface area contributed by atoms with Gasteiger partial charge >= 0.3 is 5.97 Å². The fourth-order valence-corrected chi connectivity index (χ4v) is 1.87. The van der Waals surface area contributed by atoms with Gasteiger partial charge in [0.15, 0.2) is 0 Å². The van der Waals surface area contributed by atoms with Gasteiger partial charge in [0.25, 0.3) is 0 Å². The van der Waals surface area contributed by atoms with E-state index in [1.165, 1.54) is 0 Å². The predicted molar refractivity (Wildman–Crippen MR) is 69.0 cm³/mol. The Bertz CT molecular complexity index is 605. The van der Waals surface area contributed by atoms with Gasteiger partial charge in [-0.2, -0.15) is 0 Å². The fraction of sp³-hybridized carbons (Fsp3) is 0.286. The molecule has 0 aliphatic heterocycles. The highest BCUT2D eigenvalue weighted by Crippen LogP contribution is 2.30. The van der Waals surface area contributed by atoms with Gasteiger partial charge in [-0.3, -0.25) is 9.78 Å². The van der Waals surface area contributed by atoms with Crippen molar-refractivity contribution < 1.29 is 14.6 Å². The lowest BCUT2D eigenvalue weighted by molar-refractivity contribution is -0.142. The molecule has 0 bridgehead atoms. The van der Waals surface area contributed by atoms with Gasteiger partial charge < -0.3 is 9.84 Å². The van der Waals surface area contributed by atoms with Crippen LogP contribution in [0.15, 0.2) is 30.5 Å². The third-order valence-corrected chi connectivity index (χ3v) is 3.10. The Morgan fingerprint density at radius 1 is 1.33 bits per heavy atom. The van der Waals surface area contributed by atoms with Crippen LogP contribution >= 0.6 is 0 Å². The number of aliphatic carboxylic acids is 1. The zero-order valence-corrected chi connectivity index (χ0v) is 10.6. The molecule has 94 valence electrons. The molecule has 0 aliphatic rings. The highest BCUT2D eigenvalue weighted by Gasteiger charge is 2.32. The van der Waals surface area contributed by atoms with Crippen LogP contribution in [0.4, 0.5) is 0 Å². The molecular formula is C14H15NO3. The van der Waals surface area contributed by atoms with Crippen molar-refractivity contribution in [2.45, 2.75) is 19.3 Å². The number of rotatable bonds is 3. The average Bonchev–Trinajstić information content (AvgIpc) is 2.37. The Kier molecular flexibility index (Phi) is 2.95. The Morgan fingerprint density at radius 2 is 2.06 bits per heavy atom. The molecule has 2 rings (SSSR count). The van der Waals surface area contributed by atoms with E-state index in [0.29, 0.717) is 11.4 Å². The summed E-state index contributed by atoms with van der Waals surface area (Å²) in [5.74, 6) is -0.205. The van der Waals surface area contributed by atoms with E-state index in [1.807, 2.05) is 24.3 Å². The summed E-state index contributed by atoms with van der Waals surface area (Å²) in [5, 5.41) is 11.1. The molecule has 0 unspecified atom stereocenters. The molecule has 18 heavy (non-hydrogen) atoms. The topological polar surface area (TPSA) is 59.4 Å². The van der Waals surface area contributed by atoms with Gasteiger partial charge in [-0.15, -0.1) is 0 Å². The number of nitrogens with zero attached hydrogens (tertiary/aromatic N) is 1. The van der Waals surface area contributed by atoms with Crippen molar-refractivity contribution in [2.24, 2.45) is 0 Å². The summed E-state index contributed by atoms with van der Waals surface area (Å²) in [6.07, 6.45) is 1.63. The Balaban J connectivity index is 2.74. The van der Waals surface area contributed by atoms with Gasteiger partial charge in [0.2, 0.25) is 0 Å². The highest BCUT2D eigenvalue weighted by molar-refractivity contribution is 5.92. The van der Waals surface area contributed by atoms with Crippen LogP contribution in [-0.2, 0) is 10.2 Å². The average molecular weight is 245 g/mol. The Morgan fingerprint density at radius 3 is 2.67 bits per heavy atom. The summed E-state index contributed by atoms with van der Waals surface area (Å²) in [7, 11) is 1.58. The first kappa shape index (κ1) is 12.4. The van der Waals surface area contributed by atoms with Crippen molar-refractivity contribution in [1.29, 1.82) is 0 Å². The third-order valence-electron chi connectivity index (χ3n) is 3.10. The Hall–Kier alpha value is -2.10. The minimum absolute atomic E-state index is 0.548. The van der Waals surface area contributed by atoms with Crippen molar-refractivity contribution in [1.82, 2.24) is 4.98 Å². The number of carbonyl (C=O) groups is 1. The number of hydrogen-bond donors (Lipinski definition) is 1. The summed E-state index contributed by atoms with van der Waals surface area (Å²) in [5.41, 5.74) is -0.488. The summed E-state index contributed by atoms with van der Waals surface area (Å²) in [4.78, 5) is 15.6. The number of carboxylic acid groups (broad SMARTS) is 1. The molecule has 0 aliphatic carbocycles. The summed E-state index contributed by atoms with van der Waals surface area (Å²) >= 11 is 0. The van der Waals surface area contributed by atoms with Gasteiger partial charge in [0.05, 0.1) is 12.8 Å². The molecule has 4 nitrogen and oxygen atoms in total. The first-order valence-electron chi connectivity index (χ1n) is 5.63. The molecule has 1 N–H and O–H groups in total. The molecule has 0 amide bonds. The second-order valence-corrected chi connectivity index (χ2v) is 4.68. The predicted octanol–water partition coefficient (Wildman–Crippen LogP) is 2.61. The molecule has 4 heteroatoms. The molecule has 0 fully saturated rings. The number of ether oxygens (including phenoxy) is 1. The van der Waals surface area contributed by atoms with Crippen LogP contribution in [0.25, 0.3) is 10.8 Å². The molecule has 0 saturated heterocycles. The zero-order valence-electron chi connectivity index (χ0n) is 10.6. The monoisotopic (exact) mass is 245 g/mol. The molecule has 0 atom stereocenters. The van der Waals surface area contributed by atoms with Crippen LogP contribution < -0.4 is 4.74 Å². The van der Waals surface area contributed by atoms with Crippen molar-refractivity contribution in [3.63, 3.8) is 0 Å². The van der Waals surface area contributed by atoms with E-state index in [-0.39, 0.29) is 0 Å². The number of fused-ring (bicyclic) bond motifs is 1. The minimum atomic E-state index is -1.04. The van der Waals surface area contributed by atoms with Gasteiger partial charge in [-0.25, -0.2) is 0 Å². The van der Waals surface area contributed by atoms with Gasteiger partial charge in [0, 0.05) is 11.6 Å². The number of aromatic nitrogens is 1. The number of carboxylic acids is 1. The van der Waals surface area contributed by atoms with E-state index < -0.39 is 11.4 Å². The van der Waals surface area contributed by atoms with Crippen molar-refractivity contribution in [3.8, 4) is 5.75 Å². The smallest absolute Gasteiger partial charge is 0.315 e. The largest absolute Gasteiger partial charge is 0.497 e. The summed E-state index contributed by atoms with van der Waals surface area (Å²) in [6.45, 7) is 3.30. The van der Waals surface area contributed by atoms with E-state index in [1.54, 1.807) is 27.2 Å². The van der Waals surface area contributed by atoms with Crippen LogP contribution in [0.3, 0.4) is 0 Å². The van der Waals surface area contributed by atoms with Crippen LogP contribution in [0.5, 0.6) is 5.75 Å². The second-order valence-electron chi connectivity index (χ2n) is 4.68. The van der Waals surface area contributed by atoms with Crippen LogP contribution in [-0.4, -0.2) is 23.2 Å². The van der Waals surface area contributed by atoms with Crippen molar-refractivity contribution >= 4 is 16.7 Å². The second kappa shape index (κ2) is 4.29. The zero-order chi connectivity index (χ0) is 13.3. The fourth-order valence-electron chi connectivity index (χ4n) is 1.87. The molecule has 0 radical (unpaired) electrons. The lowest BCUT2D eigenvalue weighted by Gasteiger charge is -2.20. The maximum Gasteiger partial charge on any atom is 0.315 e. The minimum Gasteiger partial charge on any atom is -0.497 e. The van der Waals surface area contributed by atoms with Crippen LogP contribution in [0, 0.1) is 0 Å². The lowest BCUT2D eigenvalue weighted by Crippen LogP contribution is -2.29. The number of hydrogen-bond acceptors (Lipinski definition) is 3. The molecule has 0 spiro atoms. The molecule has 1 aromatic carbocycles. The molecular weight excluding hydrogens is 230 g/mol. The summed E-state index contributed by atoms with van der Waals surface area (Å²) in [6, 6.07) is 7.43. The number of benzene rings is 1. The van der Waals surface area contributed by atoms with Gasteiger partial charge in [0.1, 0.15) is 11.2 Å². The third kappa shape index (κ3) is 1.90. The quantitative estimate of drug-likeness (QED) is 0.903. The van der Waals surface area contributed by atoms with Crippen LogP contribution in [0.2, 0.25) is 0 Å². The standard InChI is InChI=1S/C14H15NO3/c1-14(2,13(16)17)12-11-8-10(18-3)5-4-9(11)6-7-15-12/h4-8H,1-3H3,(H,16,17). The maximum atomic E-state index is 11.3. The molecule has 1 aromatic heterocycles. The number of methoxy groups -OCH3 is 1. The molecule has 2 aromatic rings. The van der Waals surface area contributed by atoms with E-state index in [9.17, 15) is 9.90 Å². The van der Waals surface area contributed by atoms with E-state index in [2.05, 4.69) is 4.98 Å². The van der Waals surface area contributed by atoms with Gasteiger partial charge in [-0.1, -0.05) is 6.07 Å². The first-order chi connectivity index (χ1) is 8.46. The van der Waals surface area contributed by atoms with Crippen molar-refractivity contribution in [3.05, 3.63) is 36.2 Å². The maximum absolute atomic E-state index is 11.3. The van der Waals surface area contributed by atoms with Crippen molar-refractivity contribution in [2.75, 3.05) is 7.11 Å². The van der Waals surface area contributed by atoms with E-state index in [4.69, 9.17) is 4.74 Å². The SMILES string of the molecule is COc1ccc2ccnc(C(C)(C)C(=O)O)c2c1. The van der Waals surface area contributed by atoms with Crippen LogP contribution in [0.1, 0.15) is 19.5 Å². The highest BCUT2D eigenvalue weighted by atomic mass is 16.5. The Labute approximate surface area is 105 Å². The normalized spacial score (nSPS) is 11.5.